The van der Waals surface area contributed by atoms with Gasteiger partial charge >= 0.3 is 0 Å². The molecule has 0 aliphatic carbocycles. The standard InChI is InChI=1S/C31H28FN7O/c1-19-6-8-33-18-25(19)26-4-5-27-29(35-26)30(38-37-27)28-17-24-23(7-9-34-31(24)36-28)20-14-21(32)16-22(15-20)40-13-12-39-10-2-3-11-39/h4-9,14-18H,2-3,10-13H2,1H3,(H,34,36)(H,37,38). The van der Waals surface area contributed by atoms with Gasteiger partial charge in [0.1, 0.15) is 35.0 Å². The average molecular weight is 534 g/mol. The second-order valence-corrected chi connectivity index (χ2v) is 10.2. The zero-order chi connectivity index (χ0) is 27.1. The van der Waals surface area contributed by atoms with Crippen molar-refractivity contribution in [2.75, 3.05) is 26.2 Å². The first-order valence-corrected chi connectivity index (χ1v) is 13.5. The summed E-state index contributed by atoms with van der Waals surface area (Å²) in [6.07, 6.45) is 7.79. The van der Waals surface area contributed by atoms with E-state index >= 15 is 0 Å². The molecule has 1 aromatic carbocycles. The Hall–Kier alpha value is -4.63. The van der Waals surface area contributed by atoms with E-state index in [0.29, 0.717) is 23.7 Å². The minimum atomic E-state index is -0.338. The van der Waals surface area contributed by atoms with Gasteiger partial charge < -0.3 is 9.72 Å². The van der Waals surface area contributed by atoms with Crippen molar-refractivity contribution >= 4 is 22.1 Å². The molecule has 0 bridgehead atoms. The molecular weight excluding hydrogens is 505 g/mol. The molecule has 0 amide bonds. The highest BCUT2D eigenvalue weighted by molar-refractivity contribution is 5.99. The summed E-state index contributed by atoms with van der Waals surface area (Å²) in [5.41, 5.74) is 8.20. The molecule has 7 rings (SSSR count). The van der Waals surface area contributed by atoms with Crippen LogP contribution in [0.25, 0.3) is 55.8 Å². The van der Waals surface area contributed by atoms with Crippen molar-refractivity contribution in [2.45, 2.75) is 19.8 Å². The van der Waals surface area contributed by atoms with Crippen LogP contribution in [0.4, 0.5) is 4.39 Å². The number of aryl methyl sites for hydroxylation is 1. The number of nitrogens with zero attached hydrogens (tertiary/aromatic N) is 5. The zero-order valence-corrected chi connectivity index (χ0v) is 22.1. The highest BCUT2D eigenvalue weighted by atomic mass is 19.1. The van der Waals surface area contributed by atoms with E-state index in [1.54, 1.807) is 12.4 Å². The molecule has 6 heterocycles. The van der Waals surface area contributed by atoms with E-state index in [9.17, 15) is 4.39 Å². The third-order valence-electron chi connectivity index (χ3n) is 7.57. The molecule has 0 spiro atoms. The van der Waals surface area contributed by atoms with Crippen molar-refractivity contribution in [3.05, 3.63) is 78.5 Å². The number of rotatable bonds is 7. The highest BCUT2D eigenvalue weighted by Crippen LogP contribution is 2.35. The predicted molar refractivity (Wildman–Crippen MR) is 154 cm³/mol. The fourth-order valence-corrected chi connectivity index (χ4v) is 5.48. The van der Waals surface area contributed by atoms with Gasteiger partial charge in [-0.05, 0) is 92.0 Å². The van der Waals surface area contributed by atoms with Crippen LogP contribution in [0.5, 0.6) is 5.75 Å². The summed E-state index contributed by atoms with van der Waals surface area (Å²) in [5.74, 6) is 0.186. The van der Waals surface area contributed by atoms with E-state index in [0.717, 1.165) is 69.7 Å². The number of halogens is 1. The molecule has 0 atom stereocenters. The number of hydrogen-bond donors (Lipinski definition) is 2. The van der Waals surface area contributed by atoms with Gasteiger partial charge in [0.15, 0.2) is 0 Å². The predicted octanol–water partition coefficient (Wildman–Crippen LogP) is 6.15. The third-order valence-corrected chi connectivity index (χ3v) is 7.57. The van der Waals surface area contributed by atoms with E-state index in [4.69, 9.17) is 9.72 Å². The Kier molecular flexibility index (Phi) is 6.20. The van der Waals surface area contributed by atoms with Gasteiger partial charge in [-0.25, -0.2) is 14.4 Å². The lowest BCUT2D eigenvalue weighted by atomic mass is 10.0. The maximum Gasteiger partial charge on any atom is 0.138 e. The smallest absolute Gasteiger partial charge is 0.138 e. The van der Waals surface area contributed by atoms with Crippen LogP contribution >= 0.6 is 0 Å². The molecule has 40 heavy (non-hydrogen) atoms. The maximum atomic E-state index is 14.7. The van der Waals surface area contributed by atoms with Gasteiger partial charge in [0.2, 0.25) is 0 Å². The molecule has 1 aliphatic rings. The lowest BCUT2D eigenvalue weighted by molar-refractivity contribution is 0.237. The summed E-state index contributed by atoms with van der Waals surface area (Å²) in [5, 5.41) is 8.52. The van der Waals surface area contributed by atoms with Crippen LogP contribution in [-0.2, 0) is 0 Å². The van der Waals surface area contributed by atoms with E-state index in [1.807, 2.05) is 49.5 Å². The van der Waals surface area contributed by atoms with Crippen LogP contribution < -0.4 is 4.74 Å². The Morgan fingerprint density at radius 3 is 2.77 bits per heavy atom. The minimum absolute atomic E-state index is 0.338. The molecule has 1 aliphatic heterocycles. The largest absolute Gasteiger partial charge is 0.492 e. The average Bonchev–Trinajstić information content (AvgIpc) is 3.72. The summed E-state index contributed by atoms with van der Waals surface area (Å²) in [7, 11) is 0. The van der Waals surface area contributed by atoms with Gasteiger partial charge in [0.05, 0.1) is 16.9 Å². The van der Waals surface area contributed by atoms with E-state index in [2.05, 4.69) is 30.0 Å². The molecule has 1 saturated heterocycles. The van der Waals surface area contributed by atoms with Gasteiger partial charge in [-0.3, -0.25) is 15.0 Å². The van der Waals surface area contributed by atoms with Crippen molar-refractivity contribution in [3.63, 3.8) is 0 Å². The number of aromatic nitrogens is 6. The fraction of sp³-hybridized carbons (Fsp3) is 0.226. The molecule has 9 heteroatoms. The number of hydrogen-bond acceptors (Lipinski definition) is 6. The number of fused-ring (bicyclic) bond motifs is 2. The second kappa shape index (κ2) is 10.2. The van der Waals surface area contributed by atoms with Gasteiger partial charge in [-0.2, -0.15) is 5.10 Å². The zero-order valence-electron chi connectivity index (χ0n) is 22.1. The Morgan fingerprint density at radius 1 is 1.00 bits per heavy atom. The van der Waals surface area contributed by atoms with Crippen LogP contribution in [0.3, 0.4) is 0 Å². The first kappa shape index (κ1) is 24.4. The molecule has 6 aromatic rings. The first-order chi connectivity index (χ1) is 19.6. The quantitative estimate of drug-likeness (QED) is 0.256. The van der Waals surface area contributed by atoms with Crippen molar-refractivity contribution < 1.29 is 9.13 Å². The lowest BCUT2D eigenvalue weighted by Crippen LogP contribution is -2.25. The molecule has 1 fully saturated rings. The van der Waals surface area contributed by atoms with Gasteiger partial charge in [-0.1, -0.05) is 0 Å². The van der Waals surface area contributed by atoms with Gasteiger partial charge in [-0.15, -0.1) is 0 Å². The summed E-state index contributed by atoms with van der Waals surface area (Å²) in [4.78, 5) is 19.5. The molecule has 0 unspecified atom stereocenters. The Labute approximate surface area is 230 Å². The number of aromatic amines is 2. The lowest BCUT2D eigenvalue weighted by Gasteiger charge is -2.15. The van der Waals surface area contributed by atoms with Gasteiger partial charge in [0.25, 0.3) is 0 Å². The Bertz CT molecular complexity index is 1840. The minimum Gasteiger partial charge on any atom is -0.492 e. The van der Waals surface area contributed by atoms with Crippen LogP contribution in [0, 0.1) is 12.7 Å². The molecule has 2 N–H and O–H groups in total. The van der Waals surface area contributed by atoms with Crippen LogP contribution in [0.2, 0.25) is 0 Å². The molecule has 200 valence electrons. The summed E-state index contributed by atoms with van der Waals surface area (Å²) < 4.78 is 20.7. The second-order valence-electron chi connectivity index (χ2n) is 10.2. The summed E-state index contributed by atoms with van der Waals surface area (Å²) in [6, 6.07) is 14.7. The number of likely N-dealkylation sites (tertiary alicyclic amines) is 1. The maximum absolute atomic E-state index is 14.7. The molecule has 8 nitrogen and oxygen atoms in total. The molecule has 0 radical (unpaired) electrons. The number of benzene rings is 1. The summed E-state index contributed by atoms with van der Waals surface area (Å²) >= 11 is 0. The molecule has 0 saturated carbocycles. The van der Waals surface area contributed by atoms with Crippen LogP contribution in [0.1, 0.15) is 18.4 Å². The Balaban J connectivity index is 1.24. The molecular formula is C31H28FN7O. The number of nitrogens with one attached hydrogen (secondary N) is 2. The molecule has 5 aromatic heterocycles. The highest BCUT2D eigenvalue weighted by Gasteiger charge is 2.17. The monoisotopic (exact) mass is 533 g/mol. The third kappa shape index (κ3) is 4.58. The van der Waals surface area contributed by atoms with Crippen molar-refractivity contribution in [3.8, 4) is 39.5 Å². The summed E-state index contributed by atoms with van der Waals surface area (Å²) in [6.45, 7) is 5.63. The van der Waals surface area contributed by atoms with E-state index < -0.39 is 0 Å². The Morgan fingerprint density at radius 2 is 1.90 bits per heavy atom. The van der Waals surface area contributed by atoms with E-state index in [1.165, 1.54) is 25.0 Å². The normalized spacial score (nSPS) is 13.9. The van der Waals surface area contributed by atoms with Gasteiger partial charge in [0, 0.05) is 42.2 Å². The van der Waals surface area contributed by atoms with Crippen molar-refractivity contribution in [2.24, 2.45) is 0 Å². The number of pyridine rings is 3. The van der Waals surface area contributed by atoms with Crippen LogP contribution in [-0.4, -0.2) is 61.3 Å². The number of H-pyrrole nitrogens is 2. The fourth-order valence-electron chi connectivity index (χ4n) is 5.48. The topological polar surface area (TPSA) is 95.6 Å². The van der Waals surface area contributed by atoms with Crippen LogP contribution in [0.15, 0.2) is 67.1 Å². The number of ether oxygens (including phenoxy) is 1. The van der Waals surface area contributed by atoms with Crippen molar-refractivity contribution in [1.29, 1.82) is 0 Å². The SMILES string of the molecule is Cc1ccncc1-c1ccc2[nH]nc(-c3cc4c(-c5cc(F)cc(OCCN6CCCC6)c5)ccnc4[nH]3)c2n1. The van der Waals surface area contributed by atoms with E-state index in [-0.39, 0.29) is 5.82 Å². The first-order valence-electron chi connectivity index (χ1n) is 13.5. The van der Waals surface area contributed by atoms with Crippen molar-refractivity contribution in [1.82, 2.24) is 35.0 Å².